The number of para-hydroxylation sites is 1. The molecule has 0 unspecified atom stereocenters. The highest BCUT2D eigenvalue weighted by atomic mass is 32.2. The zero-order valence-electron chi connectivity index (χ0n) is 22.5. The van der Waals surface area contributed by atoms with E-state index in [0.717, 1.165) is 43.5 Å². The van der Waals surface area contributed by atoms with E-state index in [0.29, 0.717) is 18.7 Å². The van der Waals surface area contributed by atoms with Gasteiger partial charge in [-0.15, -0.1) is 0 Å². The first-order valence-corrected chi connectivity index (χ1v) is 14.9. The lowest BCUT2D eigenvalue weighted by molar-refractivity contribution is 0.0745. The third-order valence-electron chi connectivity index (χ3n) is 7.32. The molecule has 0 radical (unpaired) electrons. The molecule has 1 aliphatic heterocycles. The second-order valence-corrected chi connectivity index (χ2v) is 12.2. The van der Waals surface area contributed by atoms with Gasteiger partial charge in [-0.05, 0) is 73.6 Å². The van der Waals surface area contributed by atoms with Gasteiger partial charge < -0.3 is 9.80 Å². The Morgan fingerprint density at radius 1 is 0.811 bits per heavy atom. The minimum absolute atomic E-state index is 0.0772. The molecule has 1 saturated heterocycles. The molecule has 3 aromatic rings. The number of amides is 1. The third-order valence-corrected chi connectivity index (χ3v) is 9.01. The zero-order chi connectivity index (χ0) is 26.6. The van der Waals surface area contributed by atoms with Crippen molar-refractivity contribution < 1.29 is 13.2 Å². The molecule has 1 heterocycles. The average Bonchev–Trinajstić information content (AvgIpc) is 2.88. The maximum atomic E-state index is 13.5. The molecule has 1 aliphatic rings. The number of carbonyl (C=O) groups excluding carboxylic acids is 1. The standard InChI is InChI=1S/C31H38N2O3S/c1-5-6-10-26-12-14-27(15-13-26)22-37(35,36)28-16-11-23(2)29(21-28)31(34)33-19-17-32(18-20-33)30-24(3)8-7-9-25(30)4/h7-9,11-16,21H,5-6,10,17-20,22H2,1-4H3. The van der Waals surface area contributed by atoms with E-state index in [4.69, 9.17) is 0 Å². The molecule has 0 aromatic heterocycles. The number of aryl methyl sites for hydroxylation is 4. The van der Waals surface area contributed by atoms with Crippen LogP contribution in [0.5, 0.6) is 0 Å². The topological polar surface area (TPSA) is 57.7 Å². The number of unbranched alkanes of at least 4 members (excludes halogenated alkanes) is 1. The quantitative estimate of drug-likeness (QED) is 0.373. The minimum Gasteiger partial charge on any atom is -0.368 e. The van der Waals surface area contributed by atoms with Gasteiger partial charge >= 0.3 is 0 Å². The van der Waals surface area contributed by atoms with Gasteiger partial charge in [-0.25, -0.2) is 8.42 Å². The van der Waals surface area contributed by atoms with Crippen LogP contribution in [0.3, 0.4) is 0 Å². The smallest absolute Gasteiger partial charge is 0.254 e. The second-order valence-electron chi connectivity index (χ2n) is 10.2. The lowest BCUT2D eigenvalue weighted by Gasteiger charge is -2.37. The van der Waals surface area contributed by atoms with Crippen molar-refractivity contribution in [2.24, 2.45) is 0 Å². The highest BCUT2D eigenvalue weighted by molar-refractivity contribution is 7.90. The van der Waals surface area contributed by atoms with Crippen LogP contribution < -0.4 is 4.90 Å². The SMILES string of the molecule is CCCCc1ccc(CS(=O)(=O)c2ccc(C)c(C(=O)N3CCN(c4c(C)cccc4C)CC3)c2)cc1. The van der Waals surface area contributed by atoms with Crippen molar-refractivity contribution in [2.45, 2.75) is 57.6 Å². The molecule has 1 amide bonds. The summed E-state index contributed by atoms with van der Waals surface area (Å²) in [5.74, 6) is -0.178. The van der Waals surface area contributed by atoms with E-state index >= 15 is 0 Å². The maximum Gasteiger partial charge on any atom is 0.254 e. The van der Waals surface area contributed by atoms with Gasteiger partial charge in [0.05, 0.1) is 10.6 Å². The molecule has 0 N–H and O–H groups in total. The maximum absolute atomic E-state index is 13.5. The van der Waals surface area contributed by atoms with Crippen molar-refractivity contribution >= 4 is 21.4 Å². The fourth-order valence-corrected chi connectivity index (χ4v) is 6.49. The van der Waals surface area contributed by atoms with Crippen LogP contribution >= 0.6 is 0 Å². The van der Waals surface area contributed by atoms with E-state index in [9.17, 15) is 13.2 Å². The molecule has 0 spiro atoms. The number of sulfone groups is 1. The van der Waals surface area contributed by atoms with Gasteiger partial charge in [-0.1, -0.05) is 61.9 Å². The summed E-state index contributed by atoms with van der Waals surface area (Å²) in [6, 6.07) is 19.1. The normalized spacial score (nSPS) is 14.2. The van der Waals surface area contributed by atoms with Crippen LogP contribution in [-0.2, 0) is 22.0 Å². The first kappa shape index (κ1) is 26.9. The van der Waals surface area contributed by atoms with Crippen LogP contribution in [-0.4, -0.2) is 45.4 Å². The fourth-order valence-electron chi connectivity index (χ4n) is 5.12. The van der Waals surface area contributed by atoms with Crippen LogP contribution in [0.1, 0.15) is 57.9 Å². The Balaban J connectivity index is 1.46. The summed E-state index contributed by atoms with van der Waals surface area (Å²) in [6.07, 6.45) is 3.26. The van der Waals surface area contributed by atoms with Crippen LogP contribution in [0, 0.1) is 20.8 Å². The Morgan fingerprint density at radius 3 is 2.05 bits per heavy atom. The summed E-state index contributed by atoms with van der Waals surface area (Å²) in [7, 11) is -3.58. The van der Waals surface area contributed by atoms with Crippen LogP contribution in [0.4, 0.5) is 5.69 Å². The number of hydrogen-bond donors (Lipinski definition) is 0. The molecule has 37 heavy (non-hydrogen) atoms. The van der Waals surface area contributed by atoms with Gasteiger partial charge in [-0.3, -0.25) is 4.79 Å². The zero-order valence-corrected chi connectivity index (χ0v) is 23.3. The number of carbonyl (C=O) groups is 1. The van der Waals surface area contributed by atoms with E-state index < -0.39 is 9.84 Å². The van der Waals surface area contributed by atoms with Gasteiger partial charge in [0.15, 0.2) is 9.84 Å². The number of benzene rings is 3. The van der Waals surface area contributed by atoms with Crippen molar-refractivity contribution in [1.29, 1.82) is 0 Å². The summed E-state index contributed by atoms with van der Waals surface area (Å²) in [4.78, 5) is 17.9. The number of anilines is 1. The molecule has 3 aromatic carbocycles. The summed E-state index contributed by atoms with van der Waals surface area (Å²) in [6.45, 7) is 11.0. The molecule has 6 heteroatoms. The van der Waals surface area contributed by atoms with Gasteiger partial charge in [0.1, 0.15) is 0 Å². The molecular weight excluding hydrogens is 480 g/mol. The molecule has 4 rings (SSSR count). The summed E-state index contributed by atoms with van der Waals surface area (Å²) in [5.41, 5.74) is 6.98. The van der Waals surface area contributed by atoms with Gasteiger partial charge in [-0.2, -0.15) is 0 Å². The van der Waals surface area contributed by atoms with Crippen molar-refractivity contribution in [2.75, 3.05) is 31.1 Å². The first-order valence-electron chi connectivity index (χ1n) is 13.2. The van der Waals surface area contributed by atoms with Gasteiger partial charge in [0.25, 0.3) is 5.91 Å². The highest BCUT2D eigenvalue weighted by Crippen LogP contribution is 2.27. The highest BCUT2D eigenvalue weighted by Gasteiger charge is 2.26. The Bertz CT molecular complexity index is 1340. The van der Waals surface area contributed by atoms with Crippen molar-refractivity contribution in [3.8, 4) is 0 Å². The monoisotopic (exact) mass is 518 g/mol. The third kappa shape index (κ3) is 6.24. The molecular formula is C31H38N2O3S. The molecule has 196 valence electrons. The summed E-state index contributed by atoms with van der Waals surface area (Å²) >= 11 is 0. The van der Waals surface area contributed by atoms with Gasteiger partial charge in [0.2, 0.25) is 0 Å². The lowest BCUT2D eigenvalue weighted by atomic mass is 10.1. The largest absolute Gasteiger partial charge is 0.368 e. The lowest BCUT2D eigenvalue weighted by Crippen LogP contribution is -2.49. The Kier molecular flexibility index (Phi) is 8.38. The van der Waals surface area contributed by atoms with Gasteiger partial charge in [0, 0.05) is 37.4 Å². The summed E-state index contributed by atoms with van der Waals surface area (Å²) < 4.78 is 26.5. The van der Waals surface area contributed by atoms with E-state index in [-0.39, 0.29) is 16.6 Å². The predicted octanol–water partition coefficient (Wildman–Crippen LogP) is 5.89. The van der Waals surface area contributed by atoms with Crippen LogP contribution in [0.25, 0.3) is 0 Å². The first-order chi connectivity index (χ1) is 17.7. The number of hydrogen-bond acceptors (Lipinski definition) is 4. The summed E-state index contributed by atoms with van der Waals surface area (Å²) in [5, 5.41) is 0. The molecule has 0 saturated carbocycles. The van der Waals surface area contributed by atoms with Crippen molar-refractivity contribution in [1.82, 2.24) is 4.90 Å². The fraction of sp³-hybridized carbons (Fsp3) is 0.387. The molecule has 1 fully saturated rings. The number of nitrogens with zero attached hydrogens (tertiary/aromatic N) is 2. The number of piperazine rings is 1. The molecule has 0 bridgehead atoms. The Morgan fingerprint density at radius 2 is 1.43 bits per heavy atom. The Labute approximate surface area is 222 Å². The predicted molar refractivity (Wildman–Crippen MR) is 151 cm³/mol. The van der Waals surface area contributed by atoms with Crippen molar-refractivity contribution in [3.63, 3.8) is 0 Å². The number of rotatable bonds is 8. The van der Waals surface area contributed by atoms with Crippen LogP contribution in [0.15, 0.2) is 65.6 Å². The van der Waals surface area contributed by atoms with E-state index in [1.54, 1.807) is 18.2 Å². The molecule has 5 nitrogen and oxygen atoms in total. The molecule has 0 aliphatic carbocycles. The Hall–Kier alpha value is -3.12. The molecule has 0 atom stereocenters. The average molecular weight is 519 g/mol. The van der Waals surface area contributed by atoms with E-state index in [1.807, 2.05) is 36.1 Å². The van der Waals surface area contributed by atoms with E-state index in [1.165, 1.54) is 22.4 Å². The minimum atomic E-state index is -3.58. The van der Waals surface area contributed by atoms with Crippen molar-refractivity contribution in [3.05, 3.63) is 94.0 Å². The second kappa shape index (κ2) is 11.5. The van der Waals surface area contributed by atoms with Crippen LogP contribution in [0.2, 0.25) is 0 Å². The van der Waals surface area contributed by atoms with E-state index in [2.05, 4.69) is 43.9 Å².